The number of aryl methyl sites for hydroxylation is 1. The molecule has 9 nitrogen and oxygen atoms in total. The van der Waals surface area contributed by atoms with Crippen LogP contribution in [-0.2, 0) is 4.74 Å². The lowest BCUT2D eigenvalue weighted by atomic mass is 10.1. The van der Waals surface area contributed by atoms with E-state index in [1.54, 1.807) is 16.8 Å². The third-order valence-electron chi connectivity index (χ3n) is 5.27. The molecule has 0 bridgehead atoms. The Morgan fingerprint density at radius 2 is 1.97 bits per heavy atom. The number of hydrogen-bond donors (Lipinski definition) is 2. The Morgan fingerprint density at radius 3 is 2.74 bits per heavy atom. The van der Waals surface area contributed by atoms with Crippen molar-refractivity contribution >= 4 is 34.9 Å². The Bertz CT molecular complexity index is 1320. The molecule has 0 spiro atoms. The molecular weight excluding hydrogens is 432 g/mol. The van der Waals surface area contributed by atoms with Crippen molar-refractivity contribution in [2.45, 2.75) is 46.3 Å². The van der Waals surface area contributed by atoms with Gasteiger partial charge in [0.25, 0.3) is 5.91 Å². The molecule has 0 saturated carbocycles. The molecule has 1 aliphatic rings. The summed E-state index contributed by atoms with van der Waals surface area (Å²) in [6.07, 6.45) is 2.86. The average Bonchev–Trinajstić information content (AvgIpc) is 3.41. The largest absolute Gasteiger partial charge is 0.444 e. The Labute approximate surface area is 198 Å². The fourth-order valence-corrected chi connectivity index (χ4v) is 3.50. The molecule has 0 aliphatic carbocycles. The molecule has 0 unspecified atom stereocenters. The molecule has 9 heteroatoms. The van der Waals surface area contributed by atoms with Crippen molar-refractivity contribution in [3.8, 4) is 0 Å². The standard InChI is InChI=1S/C25H28N6O3/c1-15-9-10-17(22-27-13-19(29-22)16(2)28-24(33)34-25(3,4)5)12-18(15)30-23(32)20-14-26-21-8-6-7-11-31(20)21/h6-12,14,16H,13H2,1-5H3,(H,28,33)(H,30,32)/t16-/m0/s1. The maximum atomic E-state index is 12.9. The minimum absolute atomic E-state index is 0.258. The molecule has 2 N–H and O–H groups in total. The fraction of sp³-hybridized carbons (Fsp3) is 0.320. The molecule has 1 atom stereocenters. The number of nitrogens with zero attached hydrogens (tertiary/aromatic N) is 4. The third kappa shape index (κ3) is 5.14. The van der Waals surface area contributed by atoms with Gasteiger partial charge < -0.3 is 15.4 Å². The molecule has 1 aromatic carbocycles. The highest BCUT2D eigenvalue weighted by Crippen LogP contribution is 2.21. The number of aromatic nitrogens is 2. The van der Waals surface area contributed by atoms with Gasteiger partial charge in [-0.15, -0.1) is 0 Å². The number of pyridine rings is 1. The highest BCUT2D eigenvalue weighted by atomic mass is 16.6. The SMILES string of the molecule is Cc1ccc(C2=NCC([C@H](C)NC(=O)OC(C)(C)C)=N2)cc1NC(=O)c1cnc2ccccn12. The second-order valence-electron chi connectivity index (χ2n) is 9.17. The third-order valence-corrected chi connectivity index (χ3v) is 5.27. The molecule has 0 radical (unpaired) electrons. The van der Waals surface area contributed by atoms with Crippen LogP contribution in [0, 0.1) is 6.92 Å². The number of carbonyl (C=O) groups excluding carboxylic acids is 2. The summed E-state index contributed by atoms with van der Waals surface area (Å²) >= 11 is 0. The summed E-state index contributed by atoms with van der Waals surface area (Å²) in [5.41, 5.74) is 3.66. The Morgan fingerprint density at radius 1 is 1.18 bits per heavy atom. The molecule has 0 saturated heterocycles. The number of rotatable bonds is 5. The van der Waals surface area contributed by atoms with Gasteiger partial charge in [-0.1, -0.05) is 18.2 Å². The second-order valence-corrected chi connectivity index (χ2v) is 9.17. The molecule has 34 heavy (non-hydrogen) atoms. The first kappa shape index (κ1) is 23.2. The molecule has 3 aromatic rings. The van der Waals surface area contributed by atoms with Gasteiger partial charge in [-0.05, 0) is 58.4 Å². The van der Waals surface area contributed by atoms with Crippen LogP contribution in [0.3, 0.4) is 0 Å². The number of nitrogens with one attached hydrogen (secondary N) is 2. The van der Waals surface area contributed by atoms with E-state index in [4.69, 9.17) is 4.74 Å². The predicted molar refractivity (Wildman–Crippen MR) is 132 cm³/mol. The topological polar surface area (TPSA) is 109 Å². The van der Waals surface area contributed by atoms with Crippen LogP contribution in [-0.4, -0.2) is 51.1 Å². The first-order valence-corrected chi connectivity index (χ1v) is 11.1. The van der Waals surface area contributed by atoms with Crippen LogP contribution in [0.5, 0.6) is 0 Å². The maximum absolute atomic E-state index is 12.9. The quantitative estimate of drug-likeness (QED) is 0.599. The summed E-state index contributed by atoms with van der Waals surface area (Å²) in [4.78, 5) is 38.4. The van der Waals surface area contributed by atoms with Crippen LogP contribution in [0.4, 0.5) is 10.5 Å². The molecule has 0 fully saturated rings. The van der Waals surface area contributed by atoms with Crippen molar-refractivity contribution in [1.29, 1.82) is 0 Å². The normalized spacial score (nSPS) is 14.4. The number of aliphatic imine (C=N–C) groups is 2. The van der Waals surface area contributed by atoms with E-state index in [1.165, 1.54) is 0 Å². The van der Waals surface area contributed by atoms with Crippen molar-refractivity contribution in [2.75, 3.05) is 11.9 Å². The number of amides is 2. The minimum Gasteiger partial charge on any atom is -0.444 e. The molecule has 4 rings (SSSR count). The zero-order valence-corrected chi connectivity index (χ0v) is 19.9. The number of hydrogen-bond acceptors (Lipinski definition) is 6. The molecule has 1 aliphatic heterocycles. The number of ether oxygens (including phenoxy) is 1. The lowest BCUT2D eigenvalue weighted by molar-refractivity contribution is 0.0521. The monoisotopic (exact) mass is 460 g/mol. The highest BCUT2D eigenvalue weighted by molar-refractivity contribution is 6.14. The van der Waals surface area contributed by atoms with Crippen molar-refractivity contribution in [3.63, 3.8) is 0 Å². The number of carbonyl (C=O) groups is 2. The van der Waals surface area contributed by atoms with Gasteiger partial charge in [0.05, 0.1) is 24.5 Å². The maximum Gasteiger partial charge on any atom is 0.408 e. The van der Waals surface area contributed by atoms with Crippen molar-refractivity contribution < 1.29 is 14.3 Å². The van der Waals surface area contributed by atoms with E-state index >= 15 is 0 Å². The Kier molecular flexibility index (Phi) is 6.19. The first-order chi connectivity index (χ1) is 16.1. The predicted octanol–water partition coefficient (Wildman–Crippen LogP) is 4.01. The van der Waals surface area contributed by atoms with Crippen LogP contribution >= 0.6 is 0 Å². The van der Waals surface area contributed by atoms with Gasteiger partial charge in [0.1, 0.15) is 16.9 Å². The van der Waals surface area contributed by atoms with Gasteiger partial charge in [0, 0.05) is 17.4 Å². The van der Waals surface area contributed by atoms with Crippen LogP contribution in [0.2, 0.25) is 0 Å². The number of imidazole rings is 1. The molecule has 2 aromatic heterocycles. The van der Waals surface area contributed by atoms with E-state index in [9.17, 15) is 9.59 Å². The van der Waals surface area contributed by atoms with Crippen molar-refractivity contribution in [2.24, 2.45) is 9.98 Å². The van der Waals surface area contributed by atoms with Gasteiger partial charge in [-0.2, -0.15) is 0 Å². The zero-order chi connectivity index (χ0) is 24.5. The van der Waals surface area contributed by atoms with Crippen molar-refractivity contribution in [1.82, 2.24) is 14.7 Å². The van der Waals surface area contributed by atoms with Crippen LogP contribution < -0.4 is 10.6 Å². The Hall–Kier alpha value is -4.01. The first-order valence-electron chi connectivity index (χ1n) is 11.1. The van der Waals surface area contributed by atoms with E-state index in [0.717, 1.165) is 16.8 Å². The summed E-state index contributed by atoms with van der Waals surface area (Å²) in [5, 5.41) is 5.77. The van der Waals surface area contributed by atoms with Crippen LogP contribution in [0.15, 0.2) is 58.8 Å². The van der Waals surface area contributed by atoms with Crippen LogP contribution in [0.25, 0.3) is 5.65 Å². The summed E-state index contributed by atoms with van der Waals surface area (Å²) in [6, 6.07) is 10.9. The number of benzene rings is 1. The summed E-state index contributed by atoms with van der Waals surface area (Å²) in [6.45, 7) is 9.59. The molecule has 3 heterocycles. The van der Waals surface area contributed by atoms with E-state index in [1.807, 2.05) is 71.0 Å². The highest BCUT2D eigenvalue weighted by Gasteiger charge is 2.23. The van der Waals surface area contributed by atoms with E-state index in [-0.39, 0.29) is 11.9 Å². The van der Waals surface area contributed by atoms with Crippen molar-refractivity contribution in [3.05, 3.63) is 65.6 Å². The zero-order valence-electron chi connectivity index (χ0n) is 19.9. The summed E-state index contributed by atoms with van der Waals surface area (Å²) in [7, 11) is 0. The number of alkyl carbamates (subject to hydrolysis) is 1. The lowest BCUT2D eigenvalue weighted by Crippen LogP contribution is -2.42. The minimum atomic E-state index is -0.574. The van der Waals surface area contributed by atoms with Gasteiger partial charge in [-0.25, -0.2) is 14.8 Å². The van der Waals surface area contributed by atoms with Gasteiger partial charge in [0.2, 0.25) is 0 Å². The van der Waals surface area contributed by atoms with Gasteiger partial charge in [-0.3, -0.25) is 14.2 Å². The number of fused-ring (bicyclic) bond motifs is 1. The Balaban J connectivity index is 1.48. The average molecular weight is 461 g/mol. The molecule has 176 valence electrons. The van der Waals surface area contributed by atoms with E-state index in [2.05, 4.69) is 25.6 Å². The van der Waals surface area contributed by atoms with E-state index in [0.29, 0.717) is 29.4 Å². The summed E-state index contributed by atoms with van der Waals surface area (Å²) in [5.74, 6) is 0.296. The number of anilines is 1. The van der Waals surface area contributed by atoms with Crippen LogP contribution in [0.1, 0.15) is 49.3 Å². The smallest absolute Gasteiger partial charge is 0.408 e. The second kappa shape index (κ2) is 9.09. The summed E-state index contributed by atoms with van der Waals surface area (Å²) < 4.78 is 7.06. The fourth-order valence-electron chi connectivity index (χ4n) is 3.50. The van der Waals surface area contributed by atoms with Gasteiger partial charge in [0.15, 0.2) is 5.84 Å². The molecule has 2 amide bonds. The molecular formula is C25H28N6O3. The lowest BCUT2D eigenvalue weighted by Gasteiger charge is -2.21. The van der Waals surface area contributed by atoms with E-state index < -0.39 is 11.7 Å². The van der Waals surface area contributed by atoms with Gasteiger partial charge >= 0.3 is 6.09 Å². The number of amidine groups is 1.